The monoisotopic (exact) mass is 233 g/mol. The van der Waals surface area contributed by atoms with E-state index in [9.17, 15) is 4.39 Å². The van der Waals surface area contributed by atoms with Crippen molar-refractivity contribution in [2.45, 2.75) is 12.8 Å². The van der Waals surface area contributed by atoms with Crippen LogP contribution in [0.25, 0.3) is 0 Å². The van der Waals surface area contributed by atoms with Gasteiger partial charge in [-0.05, 0) is 54.6 Å². The van der Waals surface area contributed by atoms with Crippen molar-refractivity contribution in [1.82, 2.24) is 0 Å². The molecule has 3 heteroatoms. The Morgan fingerprint density at radius 1 is 1.06 bits per heavy atom. The zero-order valence-corrected chi connectivity index (χ0v) is 9.60. The Hall–Kier alpha value is -1.61. The Labute approximate surface area is 100 Å². The van der Waals surface area contributed by atoms with Crippen LogP contribution in [0.3, 0.4) is 0 Å². The van der Waals surface area contributed by atoms with Crippen molar-refractivity contribution < 1.29 is 8.81 Å². The number of benzene rings is 1. The van der Waals surface area contributed by atoms with Crippen molar-refractivity contribution in [1.29, 1.82) is 0 Å². The Balaban J connectivity index is 1.97. The molecule has 1 unspecified atom stereocenters. The van der Waals surface area contributed by atoms with Crippen LogP contribution in [0.1, 0.15) is 11.1 Å². The smallest absolute Gasteiger partial charge is 0.123 e. The average Bonchev–Trinajstić information content (AvgIpc) is 2.84. The largest absolute Gasteiger partial charge is 0.472 e. The van der Waals surface area contributed by atoms with Crippen LogP contribution < -0.4 is 5.73 Å². The Kier molecular flexibility index (Phi) is 3.94. The minimum absolute atomic E-state index is 0.201. The fraction of sp³-hybridized carbons (Fsp3) is 0.286. The van der Waals surface area contributed by atoms with Crippen molar-refractivity contribution in [2.24, 2.45) is 11.7 Å². The molecule has 2 rings (SSSR count). The highest BCUT2D eigenvalue weighted by atomic mass is 19.1. The second-order valence-electron chi connectivity index (χ2n) is 4.27. The van der Waals surface area contributed by atoms with E-state index >= 15 is 0 Å². The van der Waals surface area contributed by atoms with E-state index in [0.29, 0.717) is 12.5 Å². The van der Waals surface area contributed by atoms with Gasteiger partial charge in [0.2, 0.25) is 0 Å². The molecule has 0 saturated carbocycles. The van der Waals surface area contributed by atoms with Gasteiger partial charge in [-0.3, -0.25) is 0 Å². The molecule has 0 spiro atoms. The Morgan fingerprint density at radius 2 is 1.76 bits per heavy atom. The first-order valence-corrected chi connectivity index (χ1v) is 5.73. The van der Waals surface area contributed by atoms with Gasteiger partial charge >= 0.3 is 0 Å². The number of hydrogen-bond donors (Lipinski definition) is 1. The van der Waals surface area contributed by atoms with Crippen molar-refractivity contribution >= 4 is 0 Å². The molecule has 0 saturated heterocycles. The molecule has 2 N–H and O–H groups in total. The van der Waals surface area contributed by atoms with Gasteiger partial charge in [0.15, 0.2) is 0 Å². The summed E-state index contributed by atoms with van der Waals surface area (Å²) >= 11 is 0. The lowest BCUT2D eigenvalue weighted by Gasteiger charge is -2.13. The molecule has 2 aromatic rings. The Morgan fingerprint density at radius 3 is 2.35 bits per heavy atom. The van der Waals surface area contributed by atoms with E-state index in [-0.39, 0.29) is 5.82 Å². The molecule has 0 radical (unpaired) electrons. The minimum atomic E-state index is -0.201. The predicted octanol–water partition coefficient (Wildman–Crippen LogP) is 2.78. The maximum absolute atomic E-state index is 12.8. The molecule has 1 aromatic heterocycles. The van der Waals surface area contributed by atoms with Crippen molar-refractivity contribution in [3.8, 4) is 0 Å². The highest BCUT2D eigenvalue weighted by molar-refractivity contribution is 5.17. The number of nitrogens with two attached hydrogens (primary N) is 1. The van der Waals surface area contributed by atoms with E-state index in [2.05, 4.69) is 0 Å². The van der Waals surface area contributed by atoms with Gasteiger partial charge in [-0.2, -0.15) is 0 Å². The van der Waals surface area contributed by atoms with E-state index in [1.165, 1.54) is 12.1 Å². The Bertz CT molecular complexity index is 436. The fourth-order valence-corrected chi connectivity index (χ4v) is 1.93. The third-order valence-corrected chi connectivity index (χ3v) is 2.88. The van der Waals surface area contributed by atoms with Crippen LogP contribution in [-0.4, -0.2) is 6.54 Å². The van der Waals surface area contributed by atoms with Crippen LogP contribution in [0.15, 0.2) is 47.3 Å². The minimum Gasteiger partial charge on any atom is -0.472 e. The maximum atomic E-state index is 12.8. The molecule has 0 aliphatic carbocycles. The molecule has 0 bridgehead atoms. The summed E-state index contributed by atoms with van der Waals surface area (Å²) in [5, 5.41) is 0. The van der Waals surface area contributed by atoms with E-state index in [4.69, 9.17) is 10.2 Å². The van der Waals surface area contributed by atoms with Crippen molar-refractivity contribution in [3.05, 3.63) is 59.8 Å². The summed E-state index contributed by atoms with van der Waals surface area (Å²) < 4.78 is 17.8. The van der Waals surface area contributed by atoms with Crippen molar-refractivity contribution in [3.63, 3.8) is 0 Å². The van der Waals surface area contributed by atoms with Gasteiger partial charge in [0, 0.05) is 0 Å². The topological polar surface area (TPSA) is 39.2 Å². The summed E-state index contributed by atoms with van der Waals surface area (Å²) in [6.45, 7) is 0.614. The zero-order valence-electron chi connectivity index (χ0n) is 9.60. The SMILES string of the molecule is NCC(Cc1ccc(F)cc1)Cc1ccoc1. The van der Waals surface area contributed by atoms with Gasteiger partial charge in [0.25, 0.3) is 0 Å². The molecular weight excluding hydrogens is 217 g/mol. The summed E-state index contributed by atoms with van der Waals surface area (Å²) in [6.07, 6.45) is 5.17. The summed E-state index contributed by atoms with van der Waals surface area (Å²) in [6, 6.07) is 8.55. The van der Waals surface area contributed by atoms with Gasteiger partial charge in [0.1, 0.15) is 5.82 Å². The van der Waals surface area contributed by atoms with Crippen LogP contribution in [-0.2, 0) is 12.8 Å². The van der Waals surface area contributed by atoms with E-state index in [0.717, 1.165) is 24.0 Å². The van der Waals surface area contributed by atoms with Gasteiger partial charge in [-0.1, -0.05) is 12.1 Å². The van der Waals surface area contributed by atoms with Crippen LogP contribution in [0.2, 0.25) is 0 Å². The number of hydrogen-bond acceptors (Lipinski definition) is 2. The second kappa shape index (κ2) is 5.64. The first-order chi connectivity index (χ1) is 8.28. The van der Waals surface area contributed by atoms with E-state index in [1.54, 1.807) is 12.5 Å². The molecule has 1 aromatic carbocycles. The lowest BCUT2D eigenvalue weighted by atomic mass is 9.94. The maximum Gasteiger partial charge on any atom is 0.123 e. The van der Waals surface area contributed by atoms with Crippen LogP contribution in [0, 0.1) is 11.7 Å². The van der Waals surface area contributed by atoms with Gasteiger partial charge < -0.3 is 10.2 Å². The highest BCUT2D eigenvalue weighted by Gasteiger charge is 2.09. The lowest BCUT2D eigenvalue weighted by Crippen LogP contribution is -2.19. The molecule has 0 amide bonds. The molecule has 90 valence electrons. The highest BCUT2D eigenvalue weighted by Crippen LogP contribution is 2.14. The molecule has 0 aliphatic heterocycles. The molecule has 1 heterocycles. The summed E-state index contributed by atoms with van der Waals surface area (Å²) in [4.78, 5) is 0. The van der Waals surface area contributed by atoms with Crippen molar-refractivity contribution in [2.75, 3.05) is 6.54 Å². The fourth-order valence-electron chi connectivity index (χ4n) is 1.93. The summed E-state index contributed by atoms with van der Waals surface area (Å²) in [7, 11) is 0. The van der Waals surface area contributed by atoms with Gasteiger partial charge in [-0.25, -0.2) is 4.39 Å². The lowest BCUT2D eigenvalue weighted by molar-refractivity contribution is 0.520. The molecule has 0 aliphatic rings. The molecular formula is C14H16FNO. The first-order valence-electron chi connectivity index (χ1n) is 5.73. The number of furan rings is 1. The zero-order chi connectivity index (χ0) is 12.1. The summed E-state index contributed by atoms with van der Waals surface area (Å²) in [5.74, 6) is 0.158. The van der Waals surface area contributed by atoms with Gasteiger partial charge in [-0.15, -0.1) is 0 Å². The third-order valence-electron chi connectivity index (χ3n) is 2.88. The number of rotatable bonds is 5. The quantitative estimate of drug-likeness (QED) is 0.862. The molecule has 0 fully saturated rings. The molecule has 1 atom stereocenters. The van der Waals surface area contributed by atoms with Crippen LogP contribution in [0.4, 0.5) is 4.39 Å². The van der Waals surface area contributed by atoms with Gasteiger partial charge in [0.05, 0.1) is 12.5 Å². The van der Waals surface area contributed by atoms with E-state index in [1.807, 2.05) is 18.2 Å². The van der Waals surface area contributed by atoms with Crippen LogP contribution in [0.5, 0.6) is 0 Å². The average molecular weight is 233 g/mol. The van der Waals surface area contributed by atoms with Crippen LogP contribution >= 0.6 is 0 Å². The number of halogens is 1. The standard InChI is InChI=1S/C14H16FNO/c15-14-3-1-11(2-4-14)7-13(9-16)8-12-5-6-17-10-12/h1-6,10,13H,7-9,16H2. The third kappa shape index (κ3) is 3.43. The predicted molar refractivity (Wildman–Crippen MR) is 65.1 cm³/mol. The molecule has 2 nitrogen and oxygen atoms in total. The van der Waals surface area contributed by atoms with E-state index < -0.39 is 0 Å². The first kappa shape index (κ1) is 11.9. The summed E-state index contributed by atoms with van der Waals surface area (Å²) in [5.41, 5.74) is 8.03. The normalized spacial score (nSPS) is 12.6. The second-order valence-corrected chi connectivity index (χ2v) is 4.27. The molecule has 17 heavy (non-hydrogen) atoms.